The number of benzene rings is 1. The number of carbonyl (C=O) groups is 2. The summed E-state index contributed by atoms with van der Waals surface area (Å²) in [6.07, 6.45) is 0.672. The van der Waals surface area contributed by atoms with E-state index in [4.69, 9.17) is 0 Å². The smallest absolute Gasteiger partial charge is 0.191 e. The average molecular weight is 269 g/mol. The van der Waals surface area contributed by atoms with Crippen molar-refractivity contribution in [1.82, 2.24) is 4.90 Å². The van der Waals surface area contributed by atoms with E-state index in [9.17, 15) is 9.59 Å². The van der Waals surface area contributed by atoms with Crippen molar-refractivity contribution in [2.24, 2.45) is 0 Å². The van der Waals surface area contributed by atoms with Crippen LogP contribution in [0.3, 0.4) is 0 Å². The third kappa shape index (κ3) is 1.93. The molecule has 3 nitrogen and oxygen atoms in total. The van der Waals surface area contributed by atoms with Crippen LogP contribution in [0.4, 0.5) is 0 Å². The summed E-state index contributed by atoms with van der Waals surface area (Å²) >= 11 is 0. The summed E-state index contributed by atoms with van der Waals surface area (Å²) in [5, 5.41) is 0. The van der Waals surface area contributed by atoms with Crippen LogP contribution in [0.5, 0.6) is 0 Å². The monoisotopic (exact) mass is 269 g/mol. The van der Waals surface area contributed by atoms with Crippen LogP contribution in [-0.2, 0) is 0 Å². The molecule has 1 aromatic carbocycles. The van der Waals surface area contributed by atoms with Crippen LogP contribution >= 0.6 is 0 Å². The molecule has 0 aromatic heterocycles. The van der Waals surface area contributed by atoms with Crippen molar-refractivity contribution in [3.05, 3.63) is 46.5 Å². The number of hydrogen-bond acceptors (Lipinski definition) is 3. The molecule has 3 rings (SSSR count). The molecule has 1 aliphatic heterocycles. The summed E-state index contributed by atoms with van der Waals surface area (Å²) in [5.41, 5.74) is 2.58. The molecule has 0 unspecified atom stereocenters. The first-order valence-corrected chi connectivity index (χ1v) is 7.05. The maximum absolute atomic E-state index is 12.6. The van der Waals surface area contributed by atoms with E-state index in [0.717, 1.165) is 12.1 Å². The van der Waals surface area contributed by atoms with Crippen molar-refractivity contribution in [3.63, 3.8) is 0 Å². The van der Waals surface area contributed by atoms with Gasteiger partial charge in [0.05, 0.1) is 0 Å². The standard InChI is InChI=1S/C17H19NO2/c1-17(2,3)18-9-8-13-14(10-18)16(20)12-7-5-4-6-11(12)15(13)19/h4-7H,8-10H2,1-3H3. The van der Waals surface area contributed by atoms with Gasteiger partial charge >= 0.3 is 0 Å². The van der Waals surface area contributed by atoms with Gasteiger partial charge in [-0.1, -0.05) is 24.3 Å². The second-order valence-electron chi connectivity index (χ2n) is 6.50. The first-order valence-electron chi connectivity index (χ1n) is 7.05. The van der Waals surface area contributed by atoms with Crippen molar-refractivity contribution < 1.29 is 9.59 Å². The Hall–Kier alpha value is -1.74. The second-order valence-corrected chi connectivity index (χ2v) is 6.50. The Balaban J connectivity index is 2.05. The van der Waals surface area contributed by atoms with E-state index in [2.05, 4.69) is 25.7 Å². The molecule has 0 saturated carbocycles. The Morgan fingerprint density at radius 1 is 0.950 bits per heavy atom. The number of Topliss-reactive ketones (excluding diaryl/α,β-unsaturated/α-hetero) is 2. The lowest BCUT2D eigenvalue weighted by atomic mass is 9.80. The Labute approximate surface area is 119 Å². The fraction of sp³-hybridized carbons (Fsp3) is 0.412. The lowest BCUT2D eigenvalue weighted by molar-refractivity contribution is 0.0909. The van der Waals surface area contributed by atoms with E-state index >= 15 is 0 Å². The van der Waals surface area contributed by atoms with Crippen molar-refractivity contribution in [1.29, 1.82) is 0 Å². The normalized spacial score (nSPS) is 19.9. The van der Waals surface area contributed by atoms with E-state index in [1.54, 1.807) is 12.1 Å². The van der Waals surface area contributed by atoms with Gasteiger partial charge in [-0.15, -0.1) is 0 Å². The first-order chi connectivity index (χ1) is 9.39. The summed E-state index contributed by atoms with van der Waals surface area (Å²) in [6.45, 7) is 7.84. The second kappa shape index (κ2) is 4.38. The number of carbonyl (C=O) groups excluding carboxylic acids is 2. The third-order valence-corrected chi connectivity index (χ3v) is 4.26. The molecule has 1 aliphatic carbocycles. The minimum Gasteiger partial charge on any atom is -0.294 e. The van der Waals surface area contributed by atoms with Gasteiger partial charge in [-0.2, -0.15) is 0 Å². The highest BCUT2D eigenvalue weighted by atomic mass is 16.1. The molecule has 1 heterocycles. The molecule has 0 saturated heterocycles. The summed E-state index contributed by atoms with van der Waals surface area (Å²) in [7, 11) is 0. The van der Waals surface area contributed by atoms with Crippen LogP contribution < -0.4 is 0 Å². The van der Waals surface area contributed by atoms with Crippen LogP contribution in [0.25, 0.3) is 0 Å². The van der Waals surface area contributed by atoms with E-state index in [1.165, 1.54) is 0 Å². The summed E-state index contributed by atoms with van der Waals surface area (Å²) in [4.78, 5) is 27.4. The van der Waals surface area contributed by atoms with Gasteiger partial charge in [0, 0.05) is 40.9 Å². The van der Waals surface area contributed by atoms with Crippen LogP contribution in [0.2, 0.25) is 0 Å². The first kappa shape index (κ1) is 13.3. The van der Waals surface area contributed by atoms with Crippen molar-refractivity contribution in [2.75, 3.05) is 13.1 Å². The van der Waals surface area contributed by atoms with Gasteiger partial charge in [0.1, 0.15) is 0 Å². The Morgan fingerprint density at radius 2 is 1.50 bits per heavy atom. The largest absolute Gasteiger partial charge is 0.294 e. The minimum atomic E-state index is 0.0127. The molecule has 104 valence electrons. The third-order valence-electron chi connectivity index (χ3n) is 4.26. The molecule has 0 bridgehead atoms. The maximum atomic E-state index is 12.6. The number of rotatable bonds is 0. The van der Waals surface area contributed by atoms with Gasteiger partial charge in [-0.25, -0.2) is 0 Å². The van der Waals surface area contributed by atoms with E-state index in [-0.39, 0.29) is 17.1 Å². The highest BCUT2D eigenvalue weighted by Gasteiger charge is 2.37. The molecule has 2 aliphatic rings. The van der Waals surface area contributed by atoms with Crippen LogP contribution in [0, 0.1) is 0 Å². The zero-order chi connectivity index (χ0) is 14.5. The predicted octanol–water partition coefficient (Wildman–Crippen LogP) is 2.87. The van der Waals surface area contributed by atoms with E-state index in [0.29, 0.717) is 29.7 Å². The lowest BCUT2D eigenvalue weighted by Crippen LogP contribution is -2.47. The molecule has 0 atom stereocenters. The fourth-order valence-corrected chi connectivity index (χ4v) is 3.00. The van der Waals surface area contributed by atoms with Gasteiger partial charge in [-0.05, 0) is 27.2 Å². The van der Waals surface area contributed by atoms with Gasteiger partial charge in [0.15, 0.2) is 11.6 Å². The van der Waals surface area contributed by atoms with E-state index in [1.807, 2.05) is 12.1 Å². The molecule has 3 heteroatoms. The number of hydrogen-bond donors (Lipinski definition) is 0. The molecule has 0 fully saturated rings. The summed E-state index contributed by atoms with van der Waals surface area (Å²) < 4.78 is 0. The lowest BCUT2D eigenvalue weighted by Gasteiger charge is -2.40. The van der Waals surface area contributed by atoms with Gasteiger partial charge in [0.2, 0.25) is 0 Å². The van der Waals surface area contributed by atoms with Gasteiger partial charge in [0.25, 0.3) is 0 Å². The van der Waals surface area contributed by atoms with Crippen molar-refractivity contribution in [2.45, 2.75) is 32.7 Å². The molecule has 0 N–H and O–H groups in total. The molecule has 0 spiro atoms. The topological polar surface area (TPSA) is 37.4 Å². The predicted molar refractivity (Wildman–Crippen MR) is 78.1 cm³/mol. The highest BCUT2D eigenvalue weighted by molar-refractivity contribution is 6.27. The van der Waals surface area contributed by atoms with Gasteiger partial charge < -0.3 is 0 Å². The molecule has 0 radical (unpaired) electrons. The van der Waals surface area contributed by atoms with Crippen LogP contribution in [-0.4, -0.2) is 35.1 Å². The number of fused-ring (bicyclic) bond motifs is 1. The SMILES string of the molecule is CC(C)(C)N1CCC2=C(C1)C(=O)c1ccccc1C2=O. The fourth-order valence-electron chi connectivity index (χ4n) is 3.00. The number of ketones is 2. The molecular weight excluding hydrogens is 250 g/mol. The zero-order valence-electron chi connectivity index (χ0n) is 12.2. The molecular formula is C17H19NO2. The van der Waals surface area contributed by atoms with Crippen molar-refractivity contribution in [3.8, 4) is 0 Å². The molecule has 1 aromatic rings. The minimum absolute atomic E-state index is 0.0127. The van der Waals surface area contributed by atoms with Crippen LogP contribution in [0.15, 0.2) is 35.4 Å². The Bertz CT molecular complexity index is 635. The van der Waals surface area contributed by atoms with Gasteiger partial charge in [-0.3, -0.25) is 14.5 Å². The van der Waals surface area contributed by atoms with Crippen LogP contribution in [0.1, 0.15) is 47.9 Å². The summed E-state index contributed by atoms with van der Waals surface area (Å²) in [5.74, 6) is 0.0768. The Kier molecular flexibility index (Phi) is 2.91. The zero-order valence-corrected chi connectivity index (χ0v) is 12.2. The molecule has 0 amide bonds. The summed E-state index contributed by atoms with van der Waals surface area (Å²) in [6, 6.07) is 7.16. The average Bonchev–Trinajstić information content (AvgIpc) is 2.43. The quantitative estimate of drug-likeness (QED) is 0.726. The maximum Gasteiger partial charge on any atom is 0.191 e. The Morgan fingerprint density at radius 3 is 2.05 bits per heavy atom. The highest BCUT2D eigenvalue weighted by Crippen LogP contribution is 2.33. The molecule has 20 heavy (non-hydrogen) atoms. The number of nitrogens with zero attached hydrogens (tertiary/aromatic N) is 1. The van der Waals surface area contributed by atoms with Crippen molar-refractivity contribution >= 4 is 11.6 Å². The van der Waals surface area contributed by atoms with E-state index < -0.39 is 0 Å².